The summed E-state index contributed by atoms with van der Waals surface area (Å²) in [5.41, 5.74) is 3.74. The molecule has 2 heterocycles. The van der Waals surface area contributed by atoms with Crippen molar-refractivity contribution in [2.75, 3.05) is 19.6 Å². The lowest BCUT2D eigenvalue weighted by Gasteiger charge is -2.11. The van der Waals surface area contributed by atoms with E-state index in [1.54, 1.807) is 0 Å². The SMILES string of the molecule is CCNC(=NCCCn1ccc2ccccc21)NCCCc1cn[nH]c1C. The summed E-state index contributed by atoms with van der Waals surface area (Å²) in [6.07, 6.45) is 7.17. The van der Waals surface area contributed by atoms with E-state index in [4.69, 9.17) is 4.99 Å². The highest BCUT2D eigenvalue weighted by atomic mass is 15.2. The second-order valence-corrected chi connectivity index (χ2v) is 6.73. The number of nitrogens with one attached hydrogen (secondary N) is 3. The van der Waals surface area contributed by atoms with Crippen molar-refractivity contribution in [3.05, 3.63) is 54.0 Å². The fourth-order valence-corrected chi connectivity index (χ4v) is 3.22. The third-order valence-corrected chi connectivity index (χ3v) is 4.70. The van der Waals surface area contributed by atoms with Crippen LogP contribution in [0.5, 0.6) is 0 Å². The van der Waals surface area contributed by atoms with Crippen molar-refractivity contribution < 1.29 is 0 Å². The van der Waals surface area contributed by atoms with Crippen LogP contribution in [0.25, 0.3) is 10.9 Å². The number of guanidine groups is 1. The summed E-state index contributed by atoms with van der Waals surface area (Å²) in [5, 5.41) is 15.1. The number of rotatable bonds is 9. The molecule has 0 saturated heterocycles. The van der Waals surface area contributed by atoms with Crippen LogP contribution in [-0.2, 0) is 13.0 Å². The topological polar surface area (TPSA) is 70.0 Å². The number of hydrogen-bond acceptors (Lipinski definition) is 2. The van der Waals surface area contributed by atoms with Gasteiger partial charge in [-0.15, -0.1) is 0 Å². The molecule has 27 heavy (non-hydrogen) atoms. The molecule has 0 saturated carbocycles. The molecular weight excluding hydrogens is 336 g/mol. The molecule has 3 N–H and O–H groups in total. The number of H-pyrrole nitrogens is 1. The monoisotopic (exact) mass is 366 g/mol. The molecular formula is C21H30N6. The molecule has 1 aromatic carbocycles. The lowest BCUT2D eigenvalue weighted by Crippen LogP contribution is -2.38. The van der Waals surface area contributed by atoms with Gasteiger partial charge >= 0.3 is 0 Å². The number of aryl methyl sites for hydroxylation is 3. The molecule has 0 amide bonds. The van der Waals surface area contributed by atoms with Crippen molar-refractivity contribution in [2.24, 2.45) is 4.99 Å². The molecule has 3 aromatic rings. The molecule has 0 unspecified atom stereocenters. The molecule has 6 nitrogen and oxygen atoms in total. The van der Waals surface area contributed by atoms with Gasteiger partial charge in [0.25, 0.3) is 0 Å². The number of nitrogens with zero attached hydrogens (tertiary/aromatic N) is 3. The van der Waals surface area contributed by atoms with Gasteiger partial charge in [-0.25, -0.2) is 0 Å². The van der Waals surface area contributed by atoms with E-state index in [1.165, 1.54) is 16.5 Å². The molecule has 0 aliphatic rings. The van der Waals surface area contributed by atoms with Gasteiger partial charge in [-0.1, -0.05) is 18.2 Å². The summed E-state index contributed by atoms with van der Waals surface area (Å²) < 4.78 is 2.30. The number of para-hydroxylation sites is 1. The zero-order valence-electron chi connectivity index (χ0n) is 16.3. The largest absolute Gasteiger partial charge is 0.357 e. The Morgan fingerprint density at radius 2 is 2.07 bits per heavy atom. The molecule has 3 rings (SSSR count). The average molecular weight is 367 g/mol. The third kappa shape index (κ3) is 5.36. The normalized spacial score (nSPS) is 11.9. The molecule has 0 spiro atoms. The van der Waals surface area contributed by atoms with Crippen molar-refractivity contribution in [1.29, 1.82) is 0 Å². The van der Waals surface area contributed by atoms with Gasteiger partial charge in [0.15, 0.2) is 5.96 Å². The van der Waals surface area contributed by atoms with E-state index in [-0.39, 0.29) is 0 Å². The van der Waals surface area contributed by atoms with Gasteiger partial charge in [-0.3, -0.25) is 10.1 Å². The van der Waals surface area contributed by atoms with Crippen molar-refractivity contribution in [1.82, 2.24) is 25.4 Å². The minimum atomic E-state index is 0.808. The van der Waals surface area contributed by atoms with Crippen molar-refractivity contribution in [3.8, 4) is 0 Å². The molecule has 144 valence electrons. The number of hydrogen-bond donors (Lipinski definition) is 3. The van der Waals surface area contributed by atoms with Crippen LogP contribution in [0.2, 0.25) is 0 Å². The predicted octanol–water partition coefficient (Wildman–Crippen LogP) is 3.25. The highest BCUT2D eigenvalue weighted by Gasteiger charge is 2.02. The number of fused-ring (bicyclic) bond motifs is 1. The van der Waals surface area contributed by atoms with Crippen LogP contribution >= 0.6 is 0 Å². The zero-order chi connectivity index (χ0) is 18.9. The van der Waals surface area contributed by atoms with E-state index >= 15 is 0 Å². The Balaban J connectivity index is 1.42. The Bertz CT molecular complexity index is 860. The maximum Gasteiger partial charge on any atom is 0.191 e. The zero-order valence-corrected chi connectivity index (χ0v) is 16.3. The minimum absolute atomic E-state index is 0.808. The number of benzene rings is 1. The van der Waals surface area contributed by atoms with Crippen molar-refractivity contribution in [2.45, 2.75) is 39.7 Å². The van der Waals surface area contributed by atoms with E-state index in [0.717, 1.165) is 57.1 Å². The van der Waals surface area contributed by atoms with Gasteiger partial charge in [0.1, 0.15) is 0 Å². The predicted molar refractivity (Wildman–Crippen MR) is 112 cm³/mol. The lowest BCUT2D eigenvalue weighted by molar-refractivity contribution is 0.665. The molecule has 0 aliphatic carbocycles. The Morgan fingerprint density at radius 1 is 1.19 bits per heavy atom. The fraction of sp³-hybridized carbons (Fsp3) is 0.429. The van der Waals surface area contributed by atoms with Gasteiger partial charge in [-0.2, -0.15) is 5.10 Å². The highest BCUT2D eigenvalue weighted by molar-refractivity contribution is 5.80. The molecule has 2 aromatic heterocycles. The third-order valence-electron chi connectivity index (χ3n) is 4.70. The summed E-state index contributed by atoms with van der Waals surface area (Å²) in [7, 11) is 0. The standard InChI is InChI=1S/C21H30N6/c1-3-22-21(23-12-6-9-19-16-25-26-17(19)2)24-13-7-14-27-15-11-18-8-4-5-10-20(18)27/h4-5,8,10-11,15-16H,3,6-7,9,12-14H2,1-2H3,(H,25,26)(H2,22,23,24). The Morgan fingerprint density at radius 3 is 2.89 bits per heavy atom. The summed E-state index contributed by atoms with van der Waals surface area (Å²) in [4.78, 5) is 4.71. The summed E-state index contributed by atoms with van der Waals surface area (Å²) in [6.45, 7) is 7.72. The number of aromatic amines is 1. The van der Waals surface area contributed by atoms with Gasteiger partial charge < -0.3 is 15.2 Å². The van der Waals surface area contributed by atoms with Gasteiger partial charge in [0.05, 0.1) is 6.20 Å². The number of aliphatic imine (C=N–C) groups is 1. The summed E-state index contributed by atoms with van der Waals surface area (Å²) >= 11 is 0. The van der Waals surface area contributed by atoms with Crippen LogP contribution < -0.4 is 10.6 Å². The van der Waals surface area contributed by atoms with Crippen LogP contribution in [0.4, 0.5) is 0 Å². The first-order valence-electron chi connectivity index (χ1n) is 9.83. The molecule has 0 atom stereocenters. The average Bonchev–Trinajstić information content (AvgIpc) is 3.28. The van der Waals surface area contributed by atoms with E-state index < -0.39 is 0 Å². The quantitative estimate of drug-likeness (QED) is 0.309. The van der Waals surface area contributed by atoms with Crippen LogP contribution in [0, 0.1) is 6.92 Å². The first kappa shape index (κ1) is 19.0. The van der Waals surface area contributed by atoms with Gasteiger partial charge in [-0.05, 0) is 56.2 Å². The Hall–Kier alpha value is -2.76. The Labute approximate surface area is 161 Å². The molecule has 0 radical (unpaired) electrons. The molecule has 6 heteroatoms. The smallest absolute Gasteiger partial charge is 0.191 e. The molecule has 0 fully saturated rings. The Kier molecular flexibility index (Phi) is 6.90. The fourth-order valence-electron chi connectivity index (χ4n) is 3.22. The number of aromatic nitrogens is 3. The first-order valence-corrected chi connectivity index (χ1v) is 9.83. The highest BCUT2D eigenvalue weighted by Crippen LogP contribution is 2.15. The van der Waals surface area contributed by atoms with Crippen molar-refractivity contribution in [3.63, 3.8) is 0 Å². The van der Waals surface area contributed by atoms with Crippen LogP contribution in [0.3, 0.4) is 0 Å². The second-order valence-electron chi connectivity index (χ2n) is 6.73. The van der Waals surface area contributed by atoms with Crippen LogP contribution in [-0.4, -0.2) is 40.4 Å². The summed E-state index contributed by atoms with van der Waals surface area (Å²) in [5.74, 6) is 0.902. The van der Waals surface area contributed by atoms with Gasteiger partial charge in [0, 0.05) is 43.6 Å². The van der Waals surface area contributed by atoms with E-state index in [0.29, 0.717) is 0 Å². The van der Waals surface area contributed by atoms with Crippen molar-refractivity contribution >= 4 is 16.9 Å². The molecule has 0 bridgehead atoms. The second kappa shape index (κ2) is 9.80. The van der Waals surface area contributed by atoms with E-state index in [2.05, 4.69) is 75.8 Å². The first-order chi connectivity index (χ1) is 13.3. The summed E-state index contributed by atoms with van der Waals surface area (Å²) in [6, 6.07) is 10.7. The van der Waals surface area contributed by atoms with Crippen LogP contribution in [0.15, 0.2) is 47.7 Å². The minimum Gasteiger partial charge on any atom is -0.357 e. The van der Waals surface area contributed by atoms with Crippen LogP contribution in [0.1, 0.15) is 31.0 Å². The van der Waals surface area contributed by atoms with Gasteiger partial charge in [0.2, 0.25) is 0 Å². The lowest BCUT2D eigenvalue weighted by atomic mass is 10.1. The van der Waals surface area contributed by atoms with E-state index in [1.807, 2.05) is 6.20 Å². The molecule has 0 aliphatic heterocycles. The van der Waals surface area contributed by atoms with E-state index in [9.17, 15) is 0 Å². The maximum absolute atomic E-state index is 4.71. The maximum atomic E-state index is 4.71.